The molecule has 0 aromatic heterocycles. The van der Waals surface area contributed by atoms with Gasteiger partial charge in [0.25, 0.3) is 0 Å². The van der Waals surface area contributed by atoms with E-state index in [1.807, 2.05) is 18.2 Å². The normalized spacial score (nSPS) is 21.9. The molecule has 1 aromatic carbocycles. The molecule has 0 amide bonds. The second-order valence-electron chi connectivity index (χ2n) is 5.26. The molecule has 3 nitrogen and oxygen atoms in total. The van der Waals surface area contributed by atoms with Crippen LogP contribution in [0.5, 0.6) is 5.75 Å². The van der Waals surface area contributed by atoms with Gasteiger partial charge in [0.1, 0.15) is 5.75 Å². The summed E-state index contributed by atoms with van der Waals surface area (Å²) in [5, 5.41) is 3.40. The van der Waals surface area contributed by atoms with Gasteiger partial charge in [-0.25, -0.2) is 0 Å². The van der Waals surface area contributed by atoms with Crippen LogP contribution in [0.2, 0.25) is 0 Å². The molecule has 1 heterocycles. The summed E-state index contributed by atoms with van der Waals surface area (Å²) in [5.41, 5.74) is 1.02. The number of hydrogen-bond donors (Lipinski definition) is 1. The molecule has 1 aliphatic heterocycles. The van der Waals surface area contributed by atoms with Gasteiger partial charge in [-0.1, -0.05) is 15.9 Å². The van der Waals surface area contributed by atoms with E-state index >= 15 is 0 Å². The average Bonchev–Trinajstić information content (AvgIpc) is 2.66. The van der Waals surface area contributed by atoms with Crippen LogP contribution in [-0.2, 0) is 4.74 Å². The quantitative estimate of drug-likeness (QED) is 0.916. The van der Waals surface area contributed by atoms with Crippen molar-refractivity contribution in [2.24, 2.45) is 0 Å². The Kier molecular flexibility index (Phi) is 4.17. The van der Waals surface area contributed by atoms with Crippen LogP contribution in [0.3, 0.4) is 0 Å². The van der Waals surface area contributed by atoms with E-state index in [1.165, 1.54) is 0 Å². The number of rotatable bonds is 4. The lowest BCUT2D eigenvalue weighted by molar-refractivity contribution is -0.00911. The van der Waals surface area contributed by atoms with Gasteiger partial charge in [-0.05, 0) is 44.9 Å². The molecule has 1 aliphatic rings. The molecular formula is C14H20BrNO2. The molecule has 2 rings (SSSR count). The SMILES string of the molecule is COc1ccc(Br)cc1NCC1CCC(C)(C)O1. The third-order valence-corrected chi connectivity index (χ3v) is 3.73. The predicted octanol–water partition coefficient (Wildman–Crippen LogP) is 3.83. The molecule has 0 saturated carbocycles. The van der Waals surface area contributed by atoms with Gasteiger partial charge in [-0.15, -0.1) is 0 Å². The summed E-state index contributed by atoms with van der Waals surface area (Å²) in [6.07, 6.45) is 2.51. The first-order valence-electron chi connectivity index (χ1n) is 6.25. The van der Waals surface area contributed by atoms with E-state index in [2.05, 4.69) is 35.1 Å². The molecule has 1 N–H and O–H groups in total. The summed E-state index contributed by atoms with van der Waals surface area (Å²) in [6, 6.07) is 5.95. The molecule has 1 aromatic rings. The first-order valence-corrected chi connectivity index (χ1v) is 7.05. The fraction of sp³-hybridized carbons (Fsp3) is 0.571. The number of methoxy groups -OCH3 is 1. The van der Waals surface area contributed by atoms with E-state index in [9.17, 15) is 0 Å². The second kappa shape index (κ2) is 5.49. The Bertz CT molecular complexity index is 420. The van der Waals surface area contributed by atoms with Crippen LogP contribution in [-0.4, -0.2) is 25.4 Å². The number of nitrogens with one attached hydrogen (secondary N) is 1. The Morgan fingerprint density at radius 2 is 2.28 bits per heavy atom. The molecular weight excluding hydrogens is 294 g/mol. The van der Waals surface area contributed by atoms with Crippen molar-refractivity contribution in [3.05, 3.63) is 22.7 Å². The van der Waals surface area contributed by atoms with Gasteiger partial charge < -0.3 is 14.8 Å². The fourth-order valence-electron chi connectivity index (χ4n) is 2.26. The van der Waals surface area contributed by atoms with Crippen molar-refractivity contribution < 1.29 is 9.47 Å². The molecule has 18 heavy (non-hydrogen) atoms. The minimum atomic E-state index is 0.0215. The third-order valence-electron chi connectivity index (χ3n) is 3.24. The molecule has 100 valence electrons. The maximum atomic E-state index is 5.96. The molecule has 0 bridgehead atoms. The van der Waals surface area contributed by atoms with Crippen LogP contribution >= 0.6 is 15.9 Å². The summed E-state index contributed by atoms with van der Waals surface area (Å²) in [7, 11) is 1.68. The van der Waals surface area contributed by atoms with Crippen LogP contribution < -0.4 is 10.1 Å². The maximum Gasteiger partial charge on any atom is 0.142 e. The van der Waals surface area contributed by atoms with E-state index in [1.54, 1.807) is 7.11 Å². The van der Waals surface area contributed by atoms with E-state index in [4.69, 9.17) is 9.47 Å². The molecule has 4 heteroatoms. The zero-order chi connectivity index (χ0) is 13.2. The van der Waals surface area contributed by atoms with Crippen molar-refractivity contribution in [1.29, 1.82) is 0 Å². The van der Waals surface area contributed by atoms with Gasteiger partial charge in [-0.2, -0.15) is 0 Å². The van der Waals surface area contributed by atoms with Crippen molar-refractivity contribution in [1.82, 2.24) is 0 Å². The monoisotopic (exact) mass is 313 g/mol. The Labute approximate surface area is 117 Å². The van der Waals surface area contributed by atoms with Crippen molar-refractivity contribution in [2.75, 3.05) is 19.0 Å². The predicted molar refractivity (Wildman–Crippen MR) is 77.4 cm³/mol. The highest BCUT2D eigenvalue weighted by Crippen LogP contribution is 2.31. The topological polar surface area (TPSA) is 30.5 Å². The van der Waals surface area contributed by atoms with E-state index < -0.39 is 0 Å². The van der Waals surface area contributed by atoms with Gasteiger partial charge >= 0.3 is 0 Å². The Morgan fingerprint density at radius 3 is 2.89 bits per heavy atom. The van der Waals surface area contributed by atoms with Crippen LogP contribution in [0.25, 0.3) is 0 Å². The lowest BCUT2D eigenvalue weighted by atomic mass is 10.1. The Hall–Kier alpha value is -0.740. The summed E-state index contributed by atoms with van der Waals surface area (Å²) in [4.78, 5) is 0. The molecule has 0 spiro atoms. The van der Waals surface area contributed by atoms with Gasteiger partial charge in [0, 0.05) is 11.0 Å². The molecule has 1 fully saturated rings. The third kappa shape index (κ3) is 3.39. The first kappa shape index (κ1) is 13.7. The van der Waals surface area contributed by atoms with E-state index in [0.717, 1.165) is 35.3 Å². The van der Waals surface area contributed by atoms with Crippen molar-refractivity contribution in [3.8, 4) is 5.75 Å². The number of benzene rings is 1. The lowest BCUT2D eigenvalue weighted by Crippen LogP contribution is -2.24. The Morgan fingerprint density at radius 1 is 1.50 bits per heavy atom. The largest absolute Gasteiger partial charge is 0.495 e. The summed E-state index contributed by atoms with van der Waals surface area (Å²) in [6.45, 7) is 5.11. The summed E-state index contributed by atoms with van der Waals surface area (Å²) in [5.74, 6) is 0.857. The van der Waals surface area contributed by atoms with E-state index in [0.29, 0.717) is 0 Å². The summed E-state index contributed by atoms with van der Waals surface area (Å²) >= 11 is 3.47. The van der Waals surface area contributed by atoms with Crippen LogP contribution in [0.1, 0.15) is 26.7 Å². The van der Waals surface area contributed by atoms with Gasteiger partial charge in [0.05, 0.1) is 24.5 Å². The van der Waals surface area contributed by atoms with Crippen LogP contribution in [0.15, 0.2) is 22.7 Å². The minimum Gasteiger partial charge on any atom is -0.495 e. The molecule has 0 radical (unpaired) electrons. The maximum absolute atomic E-state index is 5.96. The molecule has 0 aliphatic carbocycles. The lowest BCUT2D eigenvalue weighted by Gasteiger charge is -2.20. The molecule has 1 saturated heterocycles. The molecule has 1 unspecified atom stereocenters. The zero-order valence-electron chi connectivity index (χ0n) is 11.1. The van der Waals surface area contributed by atoms with Crippen molar-refractivity contribution >= 4 is 21.6 Å². The number of ether oxygens (including phenoxy) is 2. The van der Waals surface area contributed by atoms with Crippen LogP contribution in [0, 0.1) is 0 Å². The molecule has 1 atom stereocenters. The first-order chi connectivity index (χ1) is 8.50. The highest BCUT2D eigenvalue weighted by Gasteiger charge is 2.31. The van der Waals surface area contributed by atoms with Gasteiger partial charge in [-0.3, -0.25) is 0 Å². The van der Waals surface area contributed by atoms with E-state index in [-0.39, 0.29) is 11.7 Å². The minimum absolute atomic E-state index is 0.0215. The zero-order valence-corrected chi connectivity index (χ0v) is 12.7. The standard InChI is InChI=1S/C14H20BrNO2/c1-14(2)7-6-11(18-14)9-16-12-8-10(15)4-5-13(12)17-3/h4-5,8,11,16H,6-7,9H2,1-3H3. The highest BCUT2D eigenvalue weighted by atomic mass is 79.9. The van der Waals surface area contributed by atoms with Gasteiger partial charge in [0.15, 0.2) is 0 Å². The average molecular weight is 314 g/mol. The summed E-state index contributed by atoms with van der Waals surface area (Å²) < 4.78 is 12.3. The number of anilines is 1. The Balaban J connectivity index is 1.96. The number of hydrogen-bond acceptors (Lipinski definition) is 3. The smallest absolute Gasteiger partial charge is 0.142 e. The van der Waals surface area contributed by atoms with Crippen molar-refractivity contribution in [2.45, 2.75) is 38.4 Å². The van der Waals surface area contributed by atoms with Crippen molar-refractivity contribution in [3.63, 3.8) is 0 Å². The fourth-order valence-corrected chi connectivity index (χ4v) is 2.62. The number of halogens is 1. The van der Waals surface area contributed by atoms with Crippen LogP contribution in [0.4, 0.5) is 5.69 Å². The second-order valence-corrected chi connectivity index (χ2v) is 6.18. The van der Waals surface area contributed by atoms with Gasteiger partial charge in [0.2, 0.25) is 0 Å². The highest BCUT2D eigenvalue weighted by molar-refractivity contribution is 9.10.